The fraction of sp³-hybridized carbons (Fsp3) is 0.875. The maximum atomic E-state index is 12.4. The highest BCUT2D eigenvalue weighted by molar-refractivity contribution is 7.91. The first-order valence-electron chi connectivity index (χ1n) is 8.15. The quantitative estimate of drug-likeness (QED) is 0.579. The Kier molecular flexibility index (Phi) is 5.76. The molecule has 0 aromatic rings. The molecule has 0 saturated carbocycles. The van der Waals surface area contributed by atoms with Crippen LogP contribution in [0.5, 0.6) is 0 Å². The molecule has 0 bridgehead atoms. The van der Waals surface area contributed by atoms with E-state index in [9.17, 15) is 9.35 Å². The largest absolute Gasteiger partial charge is 0.591 e. The van der Waals surface area contributed by atoms with Gasteiger partial charge in [-0.15, -0.1) is 0 Å². The number of hydrogen-bond donors (Lipinski definition) is 0. The second-order valence-corrected chi connectivity index (χ2v) is 9.53. The van der Waals surface area contributed by atoms with Gasteiger partial charge in [-0.05, 0) is 47.5 Å². The Balaban J connectivity index is 1.80. The van der Waals surface area contributed by atoms with Gasteiger partial charge in [-0.2, -0.15) is 0 Å². The molecule has 2 fully saturated rings. The van der Waals surface area contributed by atoms with Crippen molar-refractivity contribution in [2.24, 2.45) is 10.3 Å². The summed E-state index contributed by atoms with van der Waals surface area (Å²) in [6, 6.07) is 0. The minimum Gasteiger partial charge on any atom is -0.591 e. The van der Waals surface area contributed by atoms with Crippen molar-refractivity contribution >= 4 is 23.5 Å². The molecule has 0 aliphatic carbocycles. The van der Waals surface area contributed by atoms with Crippen LogP contribution in [0.2, 0.25) is 0 Å². The molecule has 0 aromatic carbocycles. The highest BCUT2D eigenvalue weighted by atomic mass is 32.2. The topological polar surface area (TPSA) is 74.2 Å². The van der Waals surface area contributed by atoms with Crippen LogP contribution >= 0.6 is 0 Å². The third-order valence-corrected chi connectivity index (χ3v) is 5.39. The lowest BCUT2D eigenvalue weighted by Crippen LogP contribution is -2.45. The van der Waals surface area contributed by atoms with E-state index in [-0.39, 0.29) is 16.6 Å². The maximum Gasteiger partial charge on any atom is 0.254 e. The summed E-state index contributed by atoms with van der Waals surface area (Å²) in [5, 5.41) is 0. The summed E-state index contributed by atoms with van der Waals surface area (Å²) in [6.07, 6.45) is 2.99. The molecule has 1 amide bonds. The molecule has 132 valence electrons. The number of rotatable bonds is 3. The Hall–Kier alpha value is -0.630. The standard InChI is InChI=1S/C16H28N2O4S/c1-15(2,3)23(20)17-10-12-6-8-18(9-7-12)14(19)13-11-21-16(4,5)22-13/h10,12-13H,6-9,11H2,1-5H3. The molecule has 0 aromatic heterocycles. The molecule has 6 nitrogen and oxygen atoms in total. The van der Waals surface area contributed by atoms with Crippen LogP contribution in [-0.2, 0) is 25.6 Å². The number of amides is 1. The number of likely N-dealkylation sites (tertiary alicyclic amines) is 1. The lowest BCUT2D eigenvalue weighted by atomic mass is 9.98. The van der Waals surface area contributed by atoms with Crippen LogP contribution in [0, 0.1) is 5.92 Å². The van der Waals surface area contributed by atoms with Crippen molar-refractivity contribution < 1.29 is 18.8 Å². The minimum absolute atomic E-state index is 0.00392. The predicted molar refractivity (Wildman–Crippen MR) is 90.6 cm³/mol. The summed E-state index contributed by atoms with van der Waals surface area (Å²) in [4.78, 5) is 14.3. The van der Waals surface area contributed by atoms with Crippen LogP contribution in [-0.4, -0.2) is 57.9 Å². The van der Waals surface area contributed by atoms with Crippen molar-refractivity contribution in [2.45, 2.75) is 64.1 Å². The second kappa shape index (κ2) is 7.09. The average molecular weight is 344 g/mol. The van der Waals surface area contributed by atoms with E-state index in [1.54, 1.807) is 0 Å². The molecule has 0 N–H and O–H groups in total. The Morgan fingerprint density at radius 1 is 1.35 bits per heavy atom. The molecule has 0 radical (unpaired) electrons. The van der Waals surface area contributed by atoms with E-state index in [1.807, 2.05) is 45.7 Å². The summed E-state index contributed by atoms with van der Waals surface area (Å²) in [6.45, 7) is 11.0. The van der Waals surface area contributed by atoms with Crippen molar-refractivity contribution in [1.29, 1.82) is 0 Å². The number of ether oxygens (including phenoxy) is 2. The first-order chi connectivity index (χ1) is 10.6. The normalized spacial score (nSPS) is 27.6. The van der Waals surface area contributed by atoms with Crippen LogP contribution < -0.4 is 0 Å². The zero-order chi connectivity index (χ0) is 17.3. The number of carbonyl (C=O) groups is 1. The summed E-state index contributed by atoms with van der Waals surface area (Å²) >= 11 is -1.21. The van der Waals surface area contributed by atoms with Gasteiger partial charge >= 0.3 is 0 Å². The van der Waals surface area contributed by atoms with E-state index in [0.717, 1.165) is 12.8 Å². The van der Waals surface area contributed by atoms with Gasteiger partial charge in [-0.3, -0.25) is 4.79 Å². The predicted octanol–water partition coefficient (Wildman–Crippen LogP) is 1.91. The molecule has 2 unspecified atom stereocenters. The number of nitrogens with zero attached hydrogens (tertiary/aromatic N) is 2. The van der Waals surface area contributed by atoms with Crippen molar-refractivity contribution in [3.63, 3.8) is 0 Å². The zero-order valence-corrected chi connectivity index (χ0v) is 15.5. The molecule has 2 saturated heterocycles. The van der Waals surface area contributed by atoms with Crippen molar-refractivity contribution in [3.8, 4) is 0 Å². The van der Waals surface area contributed by atoms with Gasteiger partial charge in [0.05, 0.1) is 12.8 Å². The van der Waals surface area contributed by atoms with E-state index in [0.29, 0.717) is 19.7 Å². The van der Waals surface area contributed by atoms with Crippen LogP contribution in [0.3, 0.4) is 0 Å². The summed E-state index contributed by atoms with van der Waals surface area (Å²) in [7, 11) is 0. The fourth-order valence-corrected chi connectivity index (χ4v) is 3.18. The SMILES string of the molecule is CC1(C)OCC(C(=O)N2CCC(C=N[S+]([O-])C(C)(C)C)CC2)O1. The molecule has 2 aliphatic rings. The van der Waals surface area contributed by atoms with E-state index in [1.165, 1.54) is 0 Å². The van der Waals surface area contributed by atoms with Gasteiger partial charge in [0.2, 0.25) is 0 Å². The molecule has 0 spiro atoms. The van der Waals surface area contributed by atoms with Gasteiger partial charge in [0.1, 0.15) is 16.1 Å². The van der Waals surface area contributed by atoms with Gasteiger partial charge in [0.25, 0.3) is 5.91 Å². The number of hydrogen-bond acceptors (Lipinski definition) is 5. The van der Waals surface area contributed by atoms with E-state index < -0.39 is 23.3 Å². The smallest absolute Gasteiger partial charge is 0.254 e. The maximum absolute atomic E-state index is 12.4. The first-order valence-corrected chi connectivity index (χ1v) is 9.26. The molecule has 7 heteroatoms. The summed E-state index contributed by atoms with van der Waals surface area (Å²) < 4.78 is 26.9. The Morgan fingerprint density at radius 3 is 2.43 bits per heavy atom. The Labute approximate surface area is 141 Å². The van der Waals surface area contributed by atoms with Gasteiger partial charge in [0, 0.05) is 19.0 Å². The van der Waals surface area contributed by atoms with Crippen LogP contribution in [0.15, 0.2) is 4.40 Å². The fourth-order valence-electron chi connectivity index (χ4n) is 2.58. The second-order valence-electron chi connectivity index (χ2n) is 7.60. The number of piperidine rings is 1. The average Bonchev–Trinajstić information content (AvgIpc) is 2.83. The monoisotopic (exact) mass is 344 g/mol. The van der Waals surface area contributed by atoms with Crippen molar-refractivity contribution in [1.82, 2.24) is 4.90 Å². The summed E-state index contributed by atoms with van der Waals surface area (Å²) in [5.41, 5.74) is 0. The molecular weight excluding hydrogens is 316 g/mol. The Morgan fingerprint density at radius 2 is 1.96 bits per heavy atom. The molecule has 2 aliphatic heterocycles. The highest BCUT2D eigenvalue weighted by Crippen LogP contribution is 2.25. The highest BCUT2D eigenvalue weighted by Gasteiger charge is 2.39. The van der Waals surface area contributed by atoms with E-state index >= 15 is 0 Å². The third-order valence-electron chi connectivity index (χ3n) is 4.03. The van der Waals surface area contributed by atoms with Gasteiger partial charge in [-0.25, -0.2) is 0 Å². The lowest BCUT2D eigenvalue weighted by molar-refractivity contribution is -0.160. The molecule has 23 heavy (non-hydrogen) atoms. The van der Waals surface area contributed by atoms with Crippen LogP contribution in [0.25, 0.3) is 0 Å². The van der Waals surface area contributed by atoms with Gasteiger partial charge in [-0.1, -0.05) is 4.40 Å². The first kappa shape index (κ1) is 18.7. The van der Waals surface area contributed by atoms with Gasteiger partial charge < -0.3 is 18.9 Å². The molecular formula is C16H28N2O4S. The van der Waals surface area contributed by atoms with Crippen molar-refractivity contribution in [3.05, 3.63) is 0 Å². The van der Waals surface area contributed by atoms with E-state index in [4.69, 9.17) is 9.47 Å². The van der Waals surface area contributed by atoms with E-state index in [2.05, 4.69) is 4.40 Å². The Bertz CT molecular complexity index is 453. The minimum atomic E-state index is -1.21. The summed E-state index contributed by atoms with van der Waals surface area (Å²) in [5.74, 6) is -0.394. The van der Waals surface area contributed by atoms with Crippen molar-refractivity contribution in [2.75, 3.05) is 19.7 Å². The third kappa shape index (κ3) is 5.17. The molecule has 2 rings (SSSR count). The molecule has 2 atom stereocenters. The van der Waals surface area contributed by atoms with Gasteiger partial charge in [0.15, 0.2) is 11.9 Å². The van der Waals surface area contributed by atoms with Crippen LogP contribution in [0.4, 0.5) is 0 Å². The molecule has 2 heterocycles. The lowest BCUT2D eigenvalue weighted by Gasteiger charge is -2.32. The number of carbonyl (C=O) groups excluding carboxylic acids is 1. The van der Waals surface area contributed by atoms with Crippen LogP contribution in [0.1, 0.15) is 47.5 Å². The zero-order valence-electron chi connectivity index (χ0n) is 14.7.